The normalized spacial score (nSPS) is 21.6. The van der Waals surface area contributed by atoms with Gasteiger partial charge in [0.25, 0.3) is 0 Å². The Morgan fingerprint density at radius 2 is 2.12 bits per heavy atom. The van der Waals surface area contributed by atoms with Crippen LogP contribution in [0.15, 0.2) is 27.1 Å². The summed E-state index contributed by atoms with van der Waals surface area (Å²) in [5, 5.41) is 9.25. The zero-order valence-corrected chi connectivity index (χ0v) is 12.2. The average Bonchev–Trinajstić information content (AvgIpc) is 2.71. The molecule has 0 amide bonds. The number of hydrogen-bond acceptors (Lipinski definition) is 2. The molecule has 16 heavy (non-hydrogen) atoms. The van der Waals surface area contributed by atoms with Crippen molar-refractivity contribution < 1.29 is 5.11 Å². The van der Waals surface area contributed by atoms with E-state index in [1.165, 1.54) is 12.0 Å². The van der Waals surface area contributed by atoms with Gasteiger partial charge in [0.05, 0.1) is 6.61 Å². The fourth-order valence-electron chi connectivity index (χ4n) is 2.18. The van der Waals surface area contributed by atoms with E-state index < -0.39 is 0 Å². The molecule has 88 valence electrons. The van der Waals surface area contributed by atoms with Crippen molar-refractivity contribution in [1.82, 2.24) is 4.90 Å². The van der Waals surface area contributed by atoms with Crippen molar-refractivity contribution in [3.63, 3.8) is 0 Å². The Labute approximate surface area is 113 Å². The molecule has 1 aliphatic rings. The number of aliphatic hydroxyl groups is 1. The topological polar surface area (TPSA) is 23.5 Å². The van der Waals surface area contributed by atoms with Crippen LogP contribution in [-0.4, -0.2) is 29.2 Å². The van der Waals surface area contributed by atoms with Crippen LogP contribution in [0.25, 0.3) is 0 Å². The molecule has 1 saturated heterocycles. The molecule has 1 aliphatic heterocycles. The SMILES string of the molecule is OCC1CCCN1Cc1ccc(Br)c(Br)c1. The van der Waals surface area contributed by atoms with Crippen LogP contribution in [0.4, 0.5) is 0 Å². The van der Waals surface area contributed by atoms with Crippen LogP contribution in [0.2, 0.25) is 0 Å². The molecule has 1 N–H and O–H groups in total. The molecule has 0 saturated carbocycles. The third-order valence-electron chi connectivity index (χ3n) is 3.08. The highest BCUT2D eigenvalue weighted by atomic mass is 79.9. The number of halogens is 2. The molecule has 1 heterocycles. The van der Waals surface area contributed by atoms with Gasteiger partial charge in [-0.05, 0) is 68.9 Å². The zero-order chi connectivity index (χ0) is 11.5. The second kappa shape index (κ2) is 5.63. The predicted octanol–water partition coefficient (Wildman–Crippen LogP) is 3.17. The minimum absolute atomic E-state index is 0.275. The highest BCUT2D eigenvalue weighted by Crippen LogP contribution is 2.26. The summed E-state index contributed by atoms with van der Waals surface area (Å²) in [6.45, 7) is 2.30. The summed E-state index contributed by atoms with van der Waals surface area (Å²) >= 11 is 6.98. The van der Waals surface area contributed by atoms with Crippen LogP contribution in [0.3, 0.4) is 0 Å². The molecule has 0 spiro atoms. The molecule has 4 heteroatoms. The van der Waals surface area contributed by atoms with E-state index in [0.29, 0.717) is 6.04 Å². The van der Waals surface area contributed by atoms with Gasteiger partial charge in [0, 0.05) is 21.5 Å². The van der Waals surface area contributed by atoms with Gasteiger partial charge >= 0.3 is 0 Å². The van der Waals surface area contributed by atoms with Gasteiger partial charge in [0.15, 0.2) is 0 Å². The Kier molecular flexibility index (Phi) is 4.41. The minimum Gasteiger partial charge on any atom is -0.395 e. The van der Waals surface area contributed by atoms with Crippen molar-refractivity contribution in [1.29, 1.82) is 0 Å². The van der Waals surface area contributed by atoms with Crippen molar-refractivity contribution in [3.8, 4) is 0 Å². The van der Waals surface area contributed by atoms with Crippen LogP contribution in [0.5, 0.6) is 0 Å². The van der Waals surface area contributed by atoms with E-state index in [2.05, 4.69) is 55.0 Å². The fourth-order valence-corrected chi connectivity index (χ4v) is 2.86. The number of nitrogens with zero attached hydrogens (tertiary/aromatic N) is 1. The number of likely N-dealkylation sites (tertiary alicyclic amines) is 1. The van der Waals surface area contributed by atoms with Crippen LogP contribution < -0.4 is 0 Å². The summed E-state index contributed by atoms with van der Waals surface area (Å²) in [5.74, 6) is 0. The average molecular weight is 349 g/mol. The second-order valence-corrected chi connectivity index (χ2v) is 5.91. The molecule has 2 rings (SSSR count). The van der Waals surface area contributed by atoms with Crippen molar-refractivity contribution >= 4 is 31.9 Å². The molecule has 1 unspecified atom stereocenters. The first-order chi connectivity index (χ1) is 7.70. The molecule has 0 aromatic heterocycles. The molecular formula is C12H15Br2NO. The summed E-state index contributed by atoms with van der Waals surface area (Å²) in [4.78, 5) is 2.36. The first-order valence-electron chi connectivity index (χ1n) is 5.49. The second-order valence-electron chi connectivity index (χ2n) is 4.20. The van der Waals surface area contributed by atoms with Gasteiger partial charge in [-0.3, -0.25) is 4.90 Å². The lowest BCUT2D eigenvalue weighted by atomic mass is 10.2. The molecule has 2 nitrogen and oxygen atoms in total. The Bertz CT molecular complexity index is 370. The highest BCUT2D eigenvalue weighted by molar-refractivity contribution is 9.13. The quantitative estimate of drug-likeness (QED) is 0.906. The smallest absolute Gasteiger partial charge is 0.0587 e. The van der Waals surface area contributed by atoms with E-state index in [0.717, 1.165) is 28.5 Å². The summed E-state index contributed by atoms with van der Waals surface area (Å²) in [6, 6.07) is 6.67. The van der Waals surface area contributed by atoms with Crippen LogP contribution in [-0.2, 0) is 6.54 Å². The lowest BCUT2D eigenvalue weighted by molar-refractivity contribution is 0.153. The van der Waals surface area contributed by atoms with Crippen molar-refractivity contribution in [2.24, 2.45) is 0 Å². The summed E-state index contributed by atoms with van der Waals surface area (Å²) in [7, 11) is 0. The monoisotopic (exact) mass is 347 g/mol. The van der Waals surface area contributed by atoms with Crippen molar-refractivity contribution in [3.05, 3.63) is 32.7 Å². The van der Waals surface area contributed by atoms with Crippen molar-refractivity contribution in [2.45, 2.75) is 25.4 Å². The van der Waals surface area contributed by atoms with Gasteiger partial charge in [0.2, 0.25) is 0 Å². The fraction of sp³-hybridized carbons (Fsp3) is 0.500. The van der Waals surface area contributed by atoms with E-state index in [1.54, 1.807) is 0 Å². The molecule has 1 aromatic carbocycles. The zero-order valence-electron chi connectivity index (χ0n) is 9.00. The summed E-state index contributed by atoms with van der Waals surface area (Å²) in [6.07, 6.45) is 2.32. The van der Waals surface area contributed by atoms with E-state index in [1.807, 2.05) is 0 Å². The molecule has 1 atom stereocenters. The first-order valence-corrected chi connectivity index (χ1v) is 7.08. The van der Waals surface area contributed by atoms with Gasteiger partial charge < -0.3 is 5.11 Å². The Balaban J connectivity index is 2.05. The maximum atomic E-state index is 9.25. The van der Waals surface area contributed by atoms with Crippen molar-refractivity contribution in [2.75, 3.05) is 13.2 Å². The van der Waals surface area contributed by atoms with E-state index >= 15 is 0 Å². The maximum Gasteiger partial charge on any atom is 0.0587 e. The third-order valence-corrected chi connectivity index (χ3v) is 4.96. The molecule has 0 bridgehead atoms. The first kappa shape index (κ1) is 12.6. The number of aliphatic hydroxyl groups excluding tert-OH is 1. The summed E-state index contributed by atoms with van der Waals surface area (Å²) in [5.41, 5.74) is 1.29. The molecule has 0 aliphatic carbocycles. The molecular weight excluding hydrogens is 334 g/mol. The van der Waals surface area contributed by atoms with Gasteiger partial charge in [-0.1, -0.05) is 6.07 Å². The molecule has 0 radical (unpaired) electrons. The van der Waals surface area contributed by atoms with Gasteiger partial charge in [-0.15, -0.1) is 0 Å². The third kappa shape index (κ3) is 2.86. The highest BCUT2D eigenvalue weighted by Gasteiger charge is 2.23. The lowest BCUT2D eigenvalue weighted by Crippen LogP contribution is -2.31. The number of hydrogen-bond donors (Lipinski definition) is 1. The lowest BCUT2D eigenvalue weighted by Gasteiger charge is -2.22. The minimum atomic E-state index is 0.275. The van der Waals surface area contributed by atoms with Crippen LogP contribution in [0, 0.1) is 0 Å². The number of benzene rings is 1. The van der Waals surface area contributed by atoms with Gasteiger partial charge in [-0.25, -0.2) is 0 Å². The Morgan fingerprint density at radius 3 is 2.81 bits per heavy atom. The Hall–Kier alpha value is 0.1000. The van der Waals surface area contributed by atoms with E-state index in [4.69, 9.17) is 0 Å². The van der Waals surface area contributed by atoms with E-state index in [-0.39, 0.29) is 6.61 Å². The standard InChI is InChI=1S/C12H15Br2NO/c13-11-4-3-9(6-12(11)14)7-15-5-1-2-10(15)8-16/h3-4,6,10,16H,1-2,5,7-8H2. The largest absolute Gasteiger partial charge is 0.395 e. The van der Waals surface area contributed by atoms with Gasteiger partial charge in [0.1, 0.15) is 0 Å². The summed E-state index contributed by atoms with van der Waals surface area (Å²) < 4.78 is 2.17. The predicted molar refractivity (Wildman–Crippen MR) is 72.4 cm³/mol. The van der Waals surface area contributed by atoms with Crippen LogP contribution in [0.1, 0.15) is 18.4 Å². The molecule has 1 fully saturated rings. The maximum absolute atomic E-state index is 9.25. The van der Waals surface area contributed by atoms with E-state index in [9.17, 15) is 5.11 Å². The van der Waals surface area contributed by atoms with Crippen LogP contribution >= 0.6 is 31.9 Å². The number of rotatable bonds is 3. The Morgan fingerprint density at radius 1 is 1.31 bits per heavy atom. The van der Waals surface area contributed by atoms with Gasteiger partial charge in [-0.2, -0.15) is 0 Å². The molecule has 1 aromatic rings.